The molecule has 1 amide bonds. The number of carbonyl (C=O) groups excluding carboxylic acids is 1. The van der Waals surface area contributed by atoms with Gasteiger partial charge in [0.25, 0.3) is 0 Å². The monoisotopic (exact) mass is 197 g/mol. The van der Waals surface area contributed by atoms with Gasteiger partial charge in [0, 0.05) is 12.5 Å². The van der Waals surface area contributed by atoms with Crippen molar-refractivity contribution in [2.24, 2.45) is 0 Å². The SMILES string of the molecule is CC(C)NC(=O)CCn1cnc(N)n1. The molecule has 0 aliphatic carbocycles. The number of amides is 1. The van der Waals surface area contributed by atoms with Crippen LogP contribution >= 0.6 is 0 Å². The summed E-state index contributed by atoms with van der Waals surface area (Å²) in [4.78, 5) is 15.0. The van der Waals surface area contributed by atoms with Gasteiger partial charge in [0.05, 0.1) is 6.54 Å². The fourth-order valence-corrected chi connectivity index (χ4v) is 1.03. The van der Waals surface area contributed by atoms with Gasteiger partial charge in [-0.3, -0.25) is 9.48 Å². The summed E-state index contributed by atoms with van der Waals surface area (Å²) in [6.45, 7) is 4.35. The van der Waals surface area contributed by atoms with Crippen molar-refractivity contribution >= 4 is 11.9 Å². The molecule has 3 N–H and O–H groups in total. The fourth-order valence-electron chi connectivity index (χ4n) is 1.03. The van der Waals surface area contributed by atoms with E-state index in [4.69, 9.17) is 5.73 Å². The van der Waals surface area contributed by atoms with E-state index in [1.54, 1.807) is 4.68 Å². The number of hydrogen-bond donors (Lipinski definition) is 2. The first-order valence-electron chi connectivity index (χ1n) is 4.52. The molecule has 0 bridgehead atoms. The molecule has 0 unspecified atom stereocenters. The van der Waals surface area contributed by atoms with Crippen LogP contribution in [0.2, 0.25) is 0 Å². The number of nitrogens with one attached hydrogen (secondary N) is 1. The molecule has 0 fully saturated rings. The van der Waals surface area contributed by atoms with E-state index in [2.05, 4.69) is 15.4 Å². The largest absolute Gasteiger partial charge is 0.367 e. The van der Waals surface area contributed by atoms with Crippen molar-refractivity contribution in [2.45, 2.75) is 32.9 Å². The molecule has 0 spiro atoms. The van der Waals surface area contributed by atoms with E-state index in [1.807, 2.05) is 13.8 Å². The number of rotatable bonds is 4. The third-order valence-electron chi connectivity index (χ3n) is 1.57. The van der Waals surface area contributed by atoms with Crippen LogP contribution in [0.3, 0.4) is 0 Å². The van der Waals surface area contributed by atoms with Gasteiger partial charge in [-0.25, -0.2) is 4.98 Å². The van der Waals surface area contributed by atoms with E-state index in [0.717, 1.165) is 0 Å². The van der Waals surface area contributed by atoms with E-state index in [-0.39, 0.29) is 17.9 Å². The molecule has 0 radical (unpaired) electrons. The smallest absolute Gasteiger partial charge is 0.239 e. The Labute approximate surface area is 82.5 Å². The van der Waals surface area contributed by atoms with Crippen molar-refractivity contribution in [3.05, 3.63) is 6.33 Å². The Kier molecular flexibility index (Phi) is 3.44. The van der Waals surface area contributed by atoms with Crippen LogP contribution in [0.5, 0.6) is 0 Å². The number of nitrogens with zero attached hydrogens (tertiary/aromatic N) is 3. The summed E-state index contributed by atoms with van der Waals surface area (Å²) in [6, 6.07) is 0.170. The van der Waals surface area contributed by atoms with Gasteiger partial charge in [-0.05, 0) is 13.8 Å². The van der Waals surface area contributed by atoms with Crippen LogP contribution in [0.1, 0.15) is 20.3 Å². The zero-order valence-corrected chi connectivity index (χ0v) is 8.40. The average molecular weight is 197 g/mol. The highest BCUT2D eigenvalue weighted by Gasteiger charge is 2.04. The number of nitrogens with two attached hydrogens (primary N) is 1. The first-order valence-corrected chi connectivity index (χ1v) is 4.52. The third kappa shape index (κ3) is 3.42. The van der Waals surface area contributed by atoms with Gasteiger partial charge in [0.1, 0.15) is 6.33 Å². The van der Waals surface area contributed by atoms with Gasteiger partial charge in [0.2, 0.25) is 11.9 Å². The molecule has 6 nitrogen and oxygen atoms in total. The summed E-state index contributed by atoms with van der Waals surface area (Å²) < 4.78 is 1.55. The average Bonchev–Trinajstić information content (AvgIpc) is 2.47. The lowest BCUT2D eigenvalue weighted by atomic mass is 10.3. The molecule has 1 aromatic heterocycles. The van der Waals surface area contributed by atoms with E-state index in [9.17, 15) is 4.79 Å². The fraction of sp³-hybridized carbons (Fsp3) is 0.625. The lowest BCUT2D eigenvalue weighted by Gasteiger charge is -2.07. The van der Waals surface area contributed by atoms with Gasteiger partial charge in [0.15, 0.2) is 0 Å². The normalized spacial score (nSPS) is 10.5. The van der Waals surface area contributed by atoms with Crippen molar-refractivity contribution in [3.63, 3.8) is 0 Å². The summed E-state index contributed by atoms with van der Waals surface area (Å²) >= 11 is 0. The molecular formula is C8H15N5O. The summed E-state index contributed by atoms with van der Waals surface area (Å²) in [6.07, 6.45) is 1.90. The predicted molar refractivity (Wildman–Crippen MR) is 52.3 cm³/mol. The zero-order chi connectivity index (χ0) is 10.6. The van der Waals surface area contributed by atoms with Crippen molar-refractivity contribution in [1.29, 1.82) is 0 Å². The Balaban J connectivity index is 2.30. The highest BCUT2D eigenvalue weighted by Crippen LogP contribution is 1.92. The van der Waals surface area contributed by atoms with Crippen molar-refractivity contribution in [3.8, 4) is 0 Å². The number of hydrogen-bond acceptors (Lipinski definition) is 4. The maximum Gasteiger partial charge on any atom is 0.239 e. The summed E-state index contributed by atoms with van der Waals surface area (Å²) in [7, 11) is 0. The van der Waals surface area contributed by atoms with Crippen LogP contribution in [0, 0.1) is 0 Å². The van der Waals surface area contributed by atoms with Crippen LogP contribution < -0.4 is 11.1 Å². The molecule has 14 heavy (non-hydrogen) atoms. The van der Waals surface area contributed by atoms with E-state index in [0.29, 0.717) is 13.0 Å². The number of aryl methyl sites for hydroxylation is 1. The van der Waals surface area contributed by atoms with Crippen molar-refractivity contribution in [2.75, 3.05) is 5.73 Å². The summed E-state index contributed by atoms with van der Waals surface area (Å²) in [5, 5.41) is 6.65. The number of anilines is 1. The zero-order valence-electron chi connectivity index (χ0n) is 8.40. The van der Waals surface area contributed by atoms with Crippen LogP contribution in [0.15, 0.2) is 6.33 Å². The minimum Gasteiger partial charge on any atom is -0.367 e. The second-order valence-corrected chi connectivity index (χ2v) is 3.34. The minimum atomic E-state index is 0.00840. The van der Waals surface area contributed by atoms with Gasteiger partial charge in [-0.15, -0.1) is 5.10 Å². The molecule has 1 heterocycles. The predicted octanol–water partition coefficient (Wildman–Crippen LogP) is -0.225. The van der Waals surface area contributed by atoms with E-state index >= 15 is 0 Å². The molecule has 0 aliphatic rings. The maximum atomic E-state index is 11.2. The third-order valence-corrected chi connectivity index (χ3v) is 1.57. The molecule has 0 saturated carbocycles. The van der Waals surface area contributed by atoms with Crippen LogP contribution in [0.25, 0.3) is 0 Å². The first kappa shape index (κ1) is 10.5. The first-order chi connectivity index (χ1) is 6.58. The summed E-state index contributed by atoms with van der Waals surface area (Å²) in [5.41, 5.74) is 5.32. The Bertz CT molecular complexity index is 306. The molecule has 1 rings (SSSR count). The topological polar surface area (TPSA) is 85.8 Å². The number of carbonyl (C=O) groups is 1. The molecule has 0 aromatic carbocycles. The molecule has 1 aromatic rings. The lowest BCUT2D eigenvalue weighted by Crippen LogP contribution is -2.30. The van der Waals surface area contributed by atoms with Crippen LogP contribution in [-0.2, 0) is 11.3 Å². The standard InChI is InChI=1S/C8H15N5O/c1-6(2)11-7(14)3-4-13-5-10-8(9)12-13/h5-6H,3-4H2,1-2H3,(H2,9,12)(H,11,14). The van der Waals surface area contributed by atoms with E-state index in [1.165, 1.54) is 6.33 Å². The Morgan fingerprint density at radius 2 is 2.43 bits per heavy atom. The highest BCUT2D eigenvalue weighted by atomic mass is 16.1. The minimum absolute atomic E-state index is 0.00840. The second kappa shape index (κ2) is 4.59. The van der Waals surface area contributed by atoms with Crippen molar-refractivity contribution in [1.82, 2.24) is 20.1 Å². The molecular weight excluding hydrogens is 182 g/mol. The molecule has 6 heteroatoms. The Morgan fingerprint density at radius 1 is 1.71 bits per heavy atom. The Morgan fingerprint density at radius 3 is 2.93 bits per heavy atom. The quantitative estimate of drug-likeness (QED) is 0.698. The molecule has 0 aliphatic heterocycles. The maximum absolute atomic E-state index is 11.2. The molecule has 0 saturated heterocycles. The van der Waals surface area contributed by atoms with Gasteiger partial charge < -0.3 is 11.1 Å². The molecule has 78 valence electrons. The van der Waals surface area contributed by atoms with Gasteiger partial charge in [-0.2, -0.15) is 0 Å². The summed E-state index contributed by atoms with van der Waals surface area (Å²) in [5.74, 6) is 0.239. The van der Waals surface area contributed by atoms with Crippen molar-refractivity contribution < 1.29 is 4.79 Å². The van der Waals surface area contributed by atoms with Gasteiger partial charge in [-0.1, -0.05) is 0 Å². The highest BCUT2D eigenvalue weighted by molar-refractivity contribution is 5.76. The van der Waals surface area contributed by atoms with Crippen LogP contribution in [-0.4, -0.2) is 26.7 Å². The lowest BCUT2D eigenvalue weighted by molar-refractivity contribution is -0.121. The number of nitrogen functional groups attached to an aromatic ring is 1. The van der Waals surface area contributed by atoms with E-state index < -0.39 is 0 Å². The van der Waals surface area contributed by atoms with Gasteiger partial charge >= 0.3 is 0 Å². The second-order valence-electron chi connectivity index (χ2n) is 3.34. The van der Waals surface area contributed by atoms with Crippen LogP contribution in [0.4, 0.5) is 5.95 Å². The molecule has 0 atom stereocenters. The number of aromatic nitrogens is 3. The Hall–Kier alpha value is -1.59.